The second kappa shape index (κ2) is 13.6. The third-order valence-corrected chi connectivity index (χ3v) is 8.53. The Morgan fingerprint density at radius 1 is 1.00 bits per heavy atom. The van der Waals surface area contributed by atoms with E-state index in [1.54, 1.807) is 43.3 Å². The van der Waals surface area contributed by atoms with E-state index in [1.165, 1.54) is 24.1 Å². The van der Waals surface area contributed by atoms with Gasteiger partial charge in [0.15, 0.2) is 0 Å². The molecule has 0 aliphatic heterocycles. The number of sulfonamides is 1. The zero-order valence-corrected chi connectivity index (χ0v) is 25.0. The van der Waals surface area contributed by atoms with Gasteiger partial charge in [0.25, 0.3) is 10.0 Å². The Balaban J connectivity index is 2.05. The Hall–Kier alpha value is -3.37. The van der Waals surface area contributed by atoms with Gasteiger partial charge in [0.05, 0.1) is 17.7 Å². The third-order valence-electron chi connectivity index (χ3n) is 6.22. The molecule has 0 fully saturated rings. The lowest BCUT2D eigenvalue weighted by Crippen LogP contribution is -2.51. The number of para-hydroxylation sites is 2. The third kappa shape index (κ3) is 7.60. The summed E-state index contributed by atoms with van der Waals surface area (Å²) in [7, 11) is -2.73. The zero-order valence-electron chi connectivity index (χ0n) is 22.6. The van der Waals surface area contributed by atoms with Crippen LogP contribution < -0.4 is 14.4 Å². The Bertz CT molecular complexity index is 1380. The largest absolute Gasteiger partial charge is 0.495 e. The number of hydrogen-bond donors (Lipinski definition) is 1. The summed E-state index contributed by atoms with van der Waals surface area (Å²) in [6, 6.07) is 19.6. The van der Waals surface area contributed by atoms with Crippen LogP contribution in [0.5, 0.6) is 5.75 Å². The lowest BCUT2D eigenvalue weighted by Gasteiger charge is -2.32. The van der Waals surface area contributed by atoms with E-state index in [-0.39, 0.29) is 23.0 Å². The van der Waals surface area contributed by atoms with Crippen molar-refractivity contribution in [2.45, 2.75) is 44.7 Å². The molecule has 0 aliphatic carbocycles. The zero-order chi connectivity index (χ0) is 28.6. The molecular formula is C29H34BrN3O5S. The lowest BCUT2D eigenvalue weighted by molar-refractivity contribution is -0.139. The van der Waals surface area contributed by atoms with Crippen LogP contribution in [0.4, 0.5) is 5.69 Å². The first-order valence-corrected chi connectivity index (χ1v) is 14.9. The summed E-state index contributed by atoms with van der Waals surface area (Å²) in [5.41, 5.74) is 1.92. The monoisotopic (exact) mass is 615 g/mol. The molecule has 3 aromatic carbocycles. The van der Waals surface area contributed by atoms with Crippen molar-refractivity contribution in [3.63, 3.8) is 0 Å². The number of aryl methyl sites for hydroxylation is 1. The second-order valence-electron chi connectivity index (χ2n) is 9.11. The van der Waals surface area contributed by atoms with Gasteiger partial charge in [0.2, 0.25) is 11.8 Å². The number of anilines is 1. The van der Waals surface area contributed by atoms with Crippen molar-refractivity contribution in [3.8, 4) is 5.75 Å². The number of nitrogens with one attached hydrogen (secondary N) is 1. The molecular weight excluding hydrogens is 582 g/mol. The fourth-order valence-electron chi connectivity index (χ4n) is 3.95. The highest BCUT2D eigenvalue weighted by atomic mass is 79.9. The molecule has 39 heavy (non-hydrogen) atoms. The van der Waals surface area contributed by atoms with Crippen molar-refractivity contribution in [1.82, 2.24) is 10.2 Å². The van der Waals surface area contributed by atoms with Crippen molar-refractivity contribution in [1.29, 1.82) is 0 Å². The van der Waals surface area contributed by atoms with Crippen LogP contribution in [0.3, 0.4) is 0 Å². The highest BCUT2D eigenvalue weighted by Gasteiger charge is 2.33. The van der Waals surface area contributed by atoms with Crippen LogP contribution in [0.15, 0.2) is 82.2 Å². The maximum absolute atomic E-state index is 13.9. The summed E-state index contributed by atoms with van der Waals surface area (Å²) in [6.07, 6.45) is 0.746. The van der Waals surface area contributed by atoms with Crippen molar-refractivity contribution >= 4 is 43.5 Å². The Morgan fingerprint density at radius 2 is 1.64 bits per heavy atom. The van der Waals surface area contributed by atoms with Gasteiger partial charge in [0, 0.05) is 17.6 Å². The summed E-state index contributed by atoms with van der Waals surface area (Å²) in [5.74, 6) is -0.541. The molecule has 3 rings (SSSR count). The summed E-state index contributed by atoms with van der Waals surface area (Å²) < 4.78 is 35.2. The van der Waals surface area contributed by atoms with E-state index in [1.807, 2.05) is 38.1 Å². The van der Waals surface area contributed by atoms with Crippen LogP contribution in [0.2, 0.25) is 0 Å². The molecule has 2 amide bonds. The fourth-order valence-corrected chi connectivity index (χ4v) is 5.64. The minimum absolute atomic E-state index is 0.0417. The quantitative estimate of drug-likeness (QED) is 0.312. The van der Waals surface area contributed by atoms with Crippen LogP contribution in [-0.2, 0) is 26.2 Å². The minimum Gasteiger partial charge on any atom is -0.495 e. The van der Waals surface area contributed by atoms with Gasteiger partial charge in [0.1, 0.15) is 18.3 Å². The first kappa shape index (κ1) is 30.2. The lowest BCUT2D eigenvalue weighted by atomic mass is 10.1. The molecule has 3 aromatic rings. The summed E-state index contributed by atoms with van der Waals surface area (Å²) in [4.78, 5) is 28.3. The van der Waals surface area contributed by atoms with E-state index < -0.39 is 28.5 Å². The number of benzene rings is 3. The van der Waals surface area contributed by atoms with Gasteiger partial charge in [-0.05, 0) is 62.2 Å². The summed E-state index contributed by atoms with van der Waals surface area (Å²) >= 11 is 3.41. The normalized spacial score (nSPS) is 11.9. The van der Waals surface area contributed by atoms with Crippen LogP contribution in [0.25, 0.3) is 0 Å². The molecule has 10 heteroatoms. The maximum Gasteiger partial charge on any atom is 0.264 e. The van der Waals surface area contributed by atoms with Gasteiger partial charge in [-0.3, -0.25) is 13.9 Å². The minimum atomic E-state index is -4.17. The SMILES string of the molecule is CCCNC(=O)C(C)N(Cc1ccc(Br)cc1)C(=O)CN(c1ccccc1OC)S(=O)(=O)c1ccc(C)cc1. The van der Waals surface area contributed by atoms with Crippen molar-refractivity contribution in [3.05, 3.63) is 88.4 Å². The molecule has 8 nitrogen and oxygen atoms in total. The van der Waals surface area contributed by atoms with Crippen molar-refractivity contribution in [2.24, 2.45) is 0 Å². The number of hydrogen-bond acceptors (Lipinski definition) is 5. The fraction of sp³-hybridized carbons (Fsp3) is 0.310. The number of carbonyl (C=O) groups excluding carboxylic acids is 2. The highest BCUT2D eigenvalue weighted by Crippen LogP contribution is 2.32. The number of ether oxygens (including phenoxy) is 1. The molecule has 0 radical (unpaired) electrons. The van der Waals surface area contributed by atoms with Crippen LogP contribution in [0, 0.1) is 6.92 Å². The summed E-state index contributed by atoms with van der Waals surface area (Å²) in [6.45, 7) is 5.51. The second-order valence-corrected chi connectivity index (χ2v) is 11.9. The van der Waals surface area contributed by atoms with E-state index in [9.17, 15) is 18.0 Å². The van der Waals surface area contributed by atoms with Gasteiger partial charge in [-0.1, -0.05) is 64.8 Å². The molecule has 1 atom stereocenters. The van der Waals surface area contributed by atoms with Gasteiger partial charge < -0.3 is 15.0 Å². The Morgan fingerprint density at radius 3 is 2.26 bits per heavy atom. The van der Waals surface area contributed by atoms with Gasteiger partial charge in [-0.25, -0.2) is 8.42 Å². The standard InChI is InChI=1S/C29H34BrN3O5S/c1-5-18-31-29(35)22(3)32(19-23-12-14-24(30)15-13-23)28(34)20-33(26-8-6-7-9-27(26)38-4)39(36,37)25-16-10-21(2)11-17-25/h6-17,22H,5,18-20H2,1-4H3,(H,31,35). The molecule has 0 saturated heterocycles. The van der Waals surface area contributed by atoms with Gasteiger partial charge in [-0.2, -0.15) is 0 Å². The molecule has 0 spiro atoms. The smallest absolute Gasteiger partial charge is 0.264 e. The van der Waals surface area contributed by atoms with E-state index in [2.05, 4.69) is 21.2 Å². The molecule has 0 heterocycles. The van der Waals surface area contributed by atoms with Crippen molar-refractivity contribution < 1.29 is 22.7 Å². The number of methoxy groups -OCH3 is 1. The topological polar surface area (TPSA) is 96.0 Å². The maximum atomic E-state index is 13.9. The molecule has 0 aromatic heterocycles. The van der Waals surface area contributed by atoms with E-state index in [4.69, 9.17) is 4.74 Å². The predicted molar refractivity (Wildman–Crippen MR) is 156 cm³/mol. The number of amides is 2. The molecule has 0 saturated carbocycles. The number of nitrogens with zero attached hydrogens (tertiary/aromatic N) is 2. The van der Waals surface area contributed by atoms with Crippen LogP contribution >= 0.6 is 15.9 Å². The molecule has 1 unspecified atom stereocenters. The molecule has 1 N–H and O–H groups in total. The van der Waals surface area contributed by atoms with Crippen molar-refractivity contribution in [2.75, 3.05) is 24.5 Å². The van der Waals surface area contributed by atoms with Crippen LogP contribution in [-0.4, -0.2) is 51.4 Å². The first-order chi connectivity index (χ1) is 18.6. The molecule has 208 valence electrons. The number of carbonyl (C=O) groups is 2. The number of rotatable bonds is 12. The van der Waals surface area contributed by atoms with E-state index >= 15 is 0 Å². The summed E-state index contributed by atoms with van der Waals surface area (Å²) in [5, 5.41) is 2.83. The van der Waals surface area contributed by atoms with Crippen LogP contribution in [0.1, 0.15) is 31.4 Å². The molecule has 0 bridgehead atoms. The average molecular weight is 617 g/mol. The Labute approximate surface area is 239 Å². The van der Waals surface area contributed by atoms with E-state index in [0.717, 1.165) is 26.3 Å². The first-order valence-electron chi connectivity index (χ1n) is 12.6. The predicted octanol–water partition coefficient (Wildman–Crippen LogP) is 4.90. The van der Waals surface area contributed by atoms with Gasteiger partial charge in [-0.15, -0.1) is 0 Å². The highest BCUT2D eigenvalue weighted by molar-refractivity contribution is 9.10. The Kier molecular flexibility index (Phi) is 10.5. The van der Waals surface area contributed by atoms with Gasteiger partial charge >= 0.3 is 0 Å². The average Bonchev–Trinajstić information content (AvgIpc) is 2.93. The van der Waals surface area contributed by atoms with E-state index in [0.29, 0.717) is 12.3 Å². The molecule has 0 aliphatic rings. The number of halogens is 1.